The van der Waals surface area contributed by atoms with Gasteiger partial charge in [0.25, 0.3) is 0 Å². The molecule has 2 N–H and O–H groups in total. The van der Waals surface area contributed by atoms with Crippen molar-refractivity contribution in [3.8, 4) is 5.75 Å². The van der Waals surface area contributed by atoms with Crippen molar-refractivity contribution in [2.75, 3.05) is 5.32 Å². The normalized spacial score (nSPS) is 25.1. The second-order valence-corrected chi connectivity index (χ2v) is 6.37. The fourth-order valence-electron chi connectivity index (χ4n) is 2.73. The molecule has 1 aliphatic heterocycles. The fraction of sp³-hybridized carbons (Fsp3) is 0.600. The number of rotatable bonds is 2. The van der Waals surface area contributed by atoms with Gasteiger partial charge in [-0.15, -0.1) is 0 Å². The molecule has 0 spiro atoms. The zero-order chi connectivity index (χ0) is 13.6. The summed E-state index contributed by atoms with van der Waals surface area (Å²) < 4.78 is 6.06. The van der Waals surface area contributed by atoms with Crippen molar-refractivity contribution in [1.82, 2.24) is 0 Å². The molecular weight excluding hydrogens is 226 g/mol. The van der Waals surface area contributed by atoms with Crippen LogP contribution < -0.4 is 5.32 Å². The molecule has 1 aromatic rings. The van der Waals surface area contributed by atoms with Crippen LogP contribution in [0.2, 0.25) is 0 Å². The third-order valence-corrected chi connectivity index (χ3v) is 3.61. The summed E-state index contributed by atoms with van der Waals surface area (Å²) in [6.07, 6.45) is 0.972. The summed E-state index contributed by atoms with van der Waals surface area (Å²) in [4.78, 5) is 0. The molecule has 1 atom stereocenters. The molecule has 0 amide bonds. The molecule has 0 radical (unpaired) electrons. The molecule has 0 saturated carbocycles. The Bertz CT molecular complexity index is 452. The Morgan fingerprint density at radius 1 is 1.28 bits per heavy atom. The standard InChI is InChI=1S/C15H23NO2/c1-10-8-11(6-7-12(10)17)16-13-9-14(2,3)18-15(13,4)5/h6-8,13,16-17H,9H2,1-5H3. The van der Waals surface area contributed by atoms with E-state index in [1.165, 1.54) is 0 Å². The van der Waals surface area contributed by atoms with Gasteiger partial charge in [0.1, 0.15) is 5.75 Å². The van der Waals surface area contributed by atoms with Crippen molar-refractivity contribution in [3.63, 3.8) is 0 Å². The molecule has 0 aromatic heterocycles. The molecule has 1 saturated heterocycles. The predicted molar refractivity (Wildman–Crippen MR) is 74.1 cm³/mol. The van der Waals surface area contributed by atoms with Crippen LogP contribution in [0.4, 0.5) is 5.69 Å². The van der Waals surface area contributed by atoms with E-state index in [-0.39, 0.29) is 17.2 Å². The SMILES string of the molecule is Cc1cc(NC2CC(C)(C)OC2(C)C)ccc1O. The number of aromatic hydroxyl groups is 1. The first-order valence-corrected chi connectivity index (χ1v) is 6.46. The quantitative estimate of drug-likeness (QED) is 0.789. The molecule has 18 heavy (non-hydrogen) atoms. The van der Waals surface area contributed by atoms with Crippen LogP contribution in [0.15, 0.2) is 18.2 Å². The molecule has 1 aromatic carbocycles. The van der Waals surface area contributed by atoms with Crippen LogP contribution in [-0.2, 0) is 4.74 Å². The fourth-order valence-corrected chi connectivity index (χ4v) is 2.73. The Kier molecular flexibility index (Phi) is 3.06. The van der Waals surface area contributed by atoms with Gasteiger partial charge in [-0.3, -0.25) is 0 Å². The van der Waals surface area contributed by atoms with E-state index < -0.39 is 0 Å². The van der Waals surface area contributed by atoms with Crippen molar-refractivity contribution in [3.05, 3.63) is 23.8 Å². The molecule has 2 rings (SSSR count). The van der Waals surface area contributed by atoms with E-state index >= 15 is 0 Å². The summed E-state index contributed by atoms with van der Waals surface area (Å²) in [5.74, 6) is 0.336. The Labute approximate surface area is 109 Å². The average molecular weight is 249 g/mol. The molecule has 0 aliphatic carbocycles. The highest BCUT2D eigenvalue weighted by Crippen LogP contribution is 2.39. The van der Waals surface area contributed by atoms with Gasteiger partial charge in [-0.2, -0.15) is 0 Å². The van der Waals surface area contributed by atoms with E-state index in [4.69, 9.17) is 4.74 Å². The minimum Gasteiger partial charge on any atom is -0.508 e. The smallest absolute Gasteiger partial charge is 0.118 e. The monoisotopic (exact) mass is 249 g/mol. The number of anilines is 1. The van der Waals surface area contributed by atoms with Crippen LogP contribution in [-0.4, -0.2) is 22.4 Å². The van der Waals surface area contributed by atoms with E-state index in [9.17, 15) is 5.11 Å². The van der Waals surface area contributed by atoms with Crippen molar-refractivity contribution in [2.24, 2.45) is 0 Å². The zero-order valence-electron chi connectivity index (χ0n) is 11.9. The molecule has 0 bridgehead atoms. The number of phenols is 1. The number of benzene rings is 1. The van der Waals surface area contributed by atoms with E-state index in [0.29, 0.717) is 5.75 Å². The number of hydrogen-bond donors (Lipinski definition) is 2. The van der Waals surface area contributed by atoms with Gasteiger partial charge in [0.15, 0.2) is 0 Å². The summed E-state index contributed by atoms with van der Waals surface area (Å²) >= 11 is 0. The molecule has 1 heterocycles. The first-order chi connectivity index (χ1) is 8.20. The first kappa shape index (κ1) is 13.2. The second-order valence-electron chi connectivity index (χ2n) is 6.37. The van der Waals surface area contributed by atoms with Gasteiger partial charge in [0.2, 0.25) is 0 Å². The number of hydrogen-bond acceptors (Lipinski definition) is 3. The van der Waals surface area contributed by atoms with Crippen molar-refractivity contribution >= 4 is 5.69 Å². The summed E-state index contributed by atoms with van der Waals surface area (Å²) in [6, 6.07) is 5.88. The Morgan fingerprint density at radius 3 is 2.44 bits per heavy atom. The maximum atomic E-state index is 9.54. The molecule has 1 fully saturated rings. The maximum absolute atomic E-state index is 9.54. The number of aryl methyl sites for hydroxylation is 1. The third-order valence-electron chi connectivity index (χ3n) is 3.61. The number of ether oxygens (including phenoxy) is 1. The first-order valence-electron chi connectivity index (χ1n) is 6.46. The Morgan fingerprint density at radius 2 is 1.94 bits per heavy atom. The predicted octanol–water partition coefficient (Wildman–Crippen LogP) is 3.46. The number of phenolic OH excluding ortho intramolecular Hbond substituents is 1. The highest BCUT2D eigenvalue weighted by Gasteiger charge is 2.45. The van der Waals surface area contributed by atoms with Crippen LogP contribution >= 0.6 is 0 Å². The topological polar surface area (TPSA) is 41.5 Å². The molecular formula is C15H23NO2. The molecule has 3 heteroatoms. The van der Waals surface area contributed by atoms with Crippen LogP contribution in [0.5, 0.6) is 5.75 Å². The van der Waals surface area contributed by atoms with Crippen LogP contribution in [0, 0.1) is 6.92 Å². The largest absolute Gasteiger partial charge is 0.508 e. The van der Waals surface area contributed by atoms with Crippen LogP contribution in [0.3, 0.4) is 0 Å². The van der Waals surface area contributed by atoms with Gasteiger partial charge in [-0.1, -0.05) is 0 Å². The summed E-state index contributed by atoms with van der Waals surface area (Å²) in [6.45, 7) is 10.4. The van der Waals surface area contributed by atoms with E-state index in [0.717, 1.165) is 17.7 Å². The van der Waals surface area contributed by atoms with Crippen LogP contribution in [0.1, 0.15) is 39.7 Å². The molecule has 1 aliphatic rings. The molecule has 100 valence electrons. The zero-order valence-corrected chi connectivity index (χ0v) is 11.9. The van der Waals surface area contributed by atoms with E-state index in [2.05, 4.69) is 33.0 Å². The minimum absolute atomic E-state index is 0.0901. The summed E-state index contributed by atoms with van der Waals surface area (Å²) in [7, 11) is 0. The van der Waals surface area contributed by atoms with Crippen molar-refractivity contribution < 1.29 is 9.84 Å². The van der Waals surface area contributed by atoms with Crippen LogP contribution in [0.25, 0.3) is 0 Å². The molecule has 3 nitrogen and oxygen atoms in total. The molecule has 1 unspecified atom stereocenters. The Balaban J connectivity index is 2.16. The lowest BCUT2D eigenvalue weighted by atomic mass is 9.94. The highest BCUT2D eigenvalue weighted by molar-refractivity contribution is 5.51. The lowest BCUT2D eigenvalue weighted by Gasteiger charge is -2.28. The van der Waals surface area contributed by atoms with Gasteiger partial charge in [0, 0.05) is 5.69 Å². The van der Waals surface area contributed by atoms with Crippen molar-refractivity contribution in [1.29, 1.82) is 0 Å². The average Bonchev–Trinajstić information content (AvgIpc) is 2.40. The van der Waals surface area contributed by atoms with Gasteiger partial charge in [-0.25, -0.2) is 0 Å². The van der Waals surface area contributed by atoms with Gasteiger partial charge in [0.05, 0.1) is 17.2 Å². The number of nitrogens with one attached hydrogen (secondary N) is 1. The summed E-state index contributed by atoms with van der Waals surface area (Å²) in [5, 5.41) is 13.1. The van der Waals surface area contributed by atoms with Gasteiger partial charge >= 0.3 is 0 Å². The summed E-state index contributed by atoms with van der Waals surface area (Å²) in [5.41, 5.74) is 1.64. The third kappa shape index (κ3) is 2.61. The minimum atomic E-state index is -0.185. The lowest BCUT2D eigenvalue weighted by molar-refractivity contribution is -0.0662. The van der Waals surface area contributed by atoms with Gasteiger partial charge < -0.3 is 15.2 Å². The van der Waals surface area contributed by atoms with Gasteiger partial charge in [-0.05, 0) is 64.8 Å². The van der Waals surface area contributed by atoms with Crippen molar-refractivity contribution in [2.45, 2.75) is 58.3 Å². The lowest BCUT2D eigenvalue weighted by Crippen LogP contribution is -2.38. The Hall–Kier alpha value is -1.22. The highest BCUT2D eigenvalue weighted by atomic mass is 16.5. The maximum Gasteiger partial charge on any atom is 0.118 e. The van der Waals surface area contributed by atoms with E-state index in [1.54, 1.807) is 6.07 Å². The second kappa shape index (κ2) is 4.16. The van der Waals surface area contributed by atoms with E-state index in [1.807, 2.05) is 19.1 Å².